The molecule has 1 N–H and O–H groups in total. The average Bonchev–Trinajstić information content (AvgIpc) is 3.11. The van der Waals surface area contributed by atoms with Crippen LogP contribution in [-0.2, 0) is 0 Å². The highest BCUT2D eigenvalue weighted by Crippen LogP contribution is 2.34. The summed E-state index contributed by atoms with van der Waals surface area (Å²) in [6, 6.07) is 4.62. The lowest BCUT2D eigenvalue weighted by Crippen LogP contribution is -2.37. The molecule has 1 atom stereocenters. The number of carbonyl (C=O) groups excluding carboxylic acids is 2. The number of fused-ring (bicyclic) bond motifs is 1. The summed E-state index contributed by atoms with van der Waals surface area (Å²) < 4.78 is 4.78. The molecule has 136 valence electrons. The Balaban J connectivity index is 2.04. The fourth-order valence-corrected chi connectivity index (χ4v) is 2.85. The van der Waals surface area contributed by atoms with Crippen LogP contribution in [0.5, 0.6) is 0 Å². The molecule has 26 heavy (non-hydrogen) atoms. The minimum absolute atomic E-state index is 0.0130. The van der Waals surface area contributed by atoms with Gasteiger partial charge in [-0.1, -0.05) is 26.8 Å². The Hall–Kier alpha value is -3.03. The minimum atomic E-state index is -0.631. The first-order valence-corrected chi connectivity index (χ1v) is 8.50. The summed E-state index contributed by atoms with van der Waals surface area (Å²) in [5.41, 5.74) is 0.725. The number of nitrogens with zero attached hydrogens (tertiary/aromatic N) is 3. The van der Waals surface area contributed by atoms with Gasteiger partial charge in [0.2, 0.25) is 0 Å². The number of H-pyrrole nitrogens is 1. The number of amides is 2. The maximum absolute atomic E-state index is 12.7. The third kappa shape index (κ3) is 2.77. The van der Waals surface area contributed by atoms with Gasteiger partial charge < -0.3 is 4.52 Å². The number of azo groups is 1. The van der Waals surface area contributed by atoms with Gasteiger partial charge >= 0.3 is 5.63 Å². The molecule has 0 radical (unpaired) electrons. The van der Waals surface area contributed by atoms with Gasteiger partial charge in [-0.25, -0.2) is 9.95 Å². The lowest BCUT2D eigenvalue weighted by atomic mass is 10.1. The molecule has 2 heterocycles. The van der Waals surface area contributed by atoms with Crippen LogP contribution in [0.3, 0.4) is 0 Å². The second-order valence-corrected chi connectivity index (χ2v) is 6.55. The van der Waals surface area contributed by atoms with E-state index in [1.165, 1.54) is 4.90 Å². The van der Waals surface area contributed by atoms with Crippen LogP contribution in [0.25, 0.3) is 0 Å². The molecule has 1 aliphatic heterocycles. The van der Waals surface area contributed by atoms with Crippen LogP contribution in [0.2, 0.25) is 0 Å². The van der Waals surface area contributed by atoms with Crippen LogP contribution in [0, 0.1) is 0 Å². The number of aromatic amines is 1. The normalized spacial score (nSPS) is 15.3. The largest absolute Gasteiger partial charge is 0.384 e. The molecule has 1 unspecified atom stereocenters. The zero-order valence-electron chi connectivity index (χ0n) is 15.1. The first-order chi connectivity index (χ1) is 12.4. The van der Waals surface area contributed by atoms with Crippen molar-refractivity contribution in [1.29, 1.82) is 0 Å². The molecular weight excluding hydrogens is 336 g/mol. The smallest absolute Gasteiger partial charge is 0.336 e. The zero-order valence-corrected chi connectivity index (χ0v) is 15.1. The van der Waals surface area contributed by atoms with Crippen molar-refractivity contribution in [2.24, 2.45) is 10.2 Å². The minimum Gasteiger partial charge on any atom is -0.336 e. The molecular formula is C18H20N4O4. The van der Waals surface area contributed by atoms with E-state index in [0.29, 0.717) is 17.7 Å². The second-order valence-electron chi connectivity index (χ2n) is 6.55. The number of hydrogen-bond acceptors (Lipinski definition) is 6. The first-order valence-electron chi connectivity index (χ1n) is 8.50. The Kier molecular flexibility index (Phi) is 4.58. The van der Waals surface area contributed by atoms with Crippen molar-refractivity contribution in [3.05, 3.63) is 45.4 Å². The topological polar surface area (TPSA) is 108 Å². The Morgan fingerprint density at radius 2 is 1.85 bits per heavy atom. The third-order valence-electron chi connectivity index (χ3n) is 4.49. The highest BCUT2D eigenvalue weighted by molar-refractivity contribution is 6.23. The van der Waals surface area contributed by atoms with Crippen LogP contribution in [0.4, 0.5) is 11.4 Å². The summed E-state index contributed by atoms with van der Waals surface area (Å²) in [5.74, 6) is -0.736. The quantitative estimate of drug-likeness (QED) is 0.647. The number of imide groups is 1. The summed E-state index contributed by atoms with van der Waals surface area (Å²) in [7, 11) is 0. The summed E-state index contributed by atoms with van der Waals surface area (Å²) >= 11 is 0. The highest BCUT2D eigenvalue weighted by Gasteiger charge is 2.39. The number of nitrogens with one attached hydrogen (secondary N) is 1. The Labute approximate surface area is 149 Å². The number of benzene rings is 1. The van der Waals surface area contributed by atoms with Crippen molar-refractivity contribution in [3.8, 4) is 0 Å². The van der Waals surface area contributed by atoms with Gasteiger partial charge in [0.1, 0.15) is 0 Å². The first kappa shape index (κ1) is 17.8. The maximum atomic E-state index is 12.7. The Morgan fingerprint density at radius 1 is 1.12 bits per heavy atom. The SMILES string of the molecule is CCC(C)N1C(=O)c2cccc(N=Nc3c(C(C)C)[nH]oc3=O)c2C1=O. The summed E-state index contributed by atoms with van der Waals surface area (Å²) in [6.07, 6.45) is 0.657. The van der Waals surface area contributed by atoms with E-state index in [1.807, 2.05) is 27.7 Å². The highest BCUT2D eigenvalue weighted by atomic mass is 16.5. The second kappa shape index (κ2) is 6.70. The lowest BCUT2D eigenvalue weighted by Gasteiger charge is -2.20. The van der Waals surface area contributed by atoms with Crippen molar-refractivity contribution in [2.75, 3.05) is 0 Å². The summed E-state index contributed by atoms with van der Waals surface area (Å²) in [4.78, 5) is 38.4. The van der Waals surface area contributed by atoms with Gasteiger partial charge in [0.05, 0.1) is 22.5 Å². The molecule has 0 aliphatic carbocycles. The van der Waals surface area contributed by atoms with Crippen LogP contribution in [-0.4, -0.2) is 27.9 Å². The molecule has 2 amide bonds. The monoisotopic (exact) mass is 356 g/mol. The van der Waals surface area contributed by atoms with Crippen LogP contribution in [0.1, 0.15) is 66.4 Å². The number of carbonyl (C=O) groups is 2. The number of aromatic nitrogens is 1. The fraction of sp³-hybridized carbons (Fsp3) is 0.389. The summed E-state index contributed by atoms with van der Waals surface area (Å²) in [6.45, 7) is 7.49. The molecule has 1 aliphatic rings. The van der Waals surface area contributed by atoms with Crippen molar-refractivity contribution in [1.82, 2.24) is 10.1 Å². The van der Waals surface area contributed by atoms with Crippen molar-refractivity contribution >= 4 is 23.2 Å². The van der Waals surface area contributed by atoms with Gasteiger partial charge in [0, 0.05) is 6.04 Å². The molecule has 0 saturated carbocycles. The molecule has 0 spiro atoms. The van der Waals surface area contributed by atoms with Gasteiger partial charge in [0.15, 0.2) is 5.69 Å². The predicted molar refractivity (Wildman–Crippen MR) is 94.3 cm³/mol. The molecule has 1 aromatic carbocycles. The van der Waals surface area contributed by atoms with Gasteiger partial charge in [-0.05, 0) is 31.4 Å². The van der Waals surface area contributed by atoms with Gasteiger partial charge in [-0.3, -0.25) is 14.5 Å². The van der Waals surface area contributed by atoms with Crippen molar-refractivity contribution in [3.63, 3.8) is 0 Å². The molecule has 8 nitrogen and oxygen atoms in total. The van der Waals surface area contributed by atoms with Gasteiger partial charge in [0.25, 0.3) is 11.8 Å². The van der Waals surface area contributed by atoms with Gasteiger partial charge in [-0.15, -0.1) is 10.2 Å². The molecule has 0 fully saturated rings. The van der Waals surface area contributed by atoms with Crippen molar-refractivity contribution in [2.45, 2.75) is 46.1 Å². The average molecular weight is 356 g/mol. The standard InChI is InChI=1S/C18H20N4O4/c1-5-10(4)22-16(23)11-7-6-8-12(13(11)17(22)24)19-20-15-14(9(2)3)21-26-18(15)25/h6-10,21H,5H2,1-4H3. The van der Waals surface area contributed by atoms with E-state index in [9.17, 15) is 14.4 Å². The molecule has 0 saturated heterocycles. The van der Waals surface area contributed by atoms with E-state index in [2.05, 4.69) is 15.4 Å². The third-order valence-corrected chi connectivity index (χ3v) is 4.49. The van der Waals surface area contributed by atoms with E-state index < -0.39 is 5.63 Å². The fourth-order valence-electron chi connectivity index (χ4n) is 2.85. The van der Waals surface area contributed by atoms with Gasteiger partial charge in [-0.2, -0.15) is 0 Å². The van der Waals surface area contributed by atoms with Crippen LogP contribution >= 0.6 is 0 Å². The van der Waals surface area contributed by atoms with E-state index >= 15 is 0 Å². The molecule has 3 rings (SSSR count). The van der Waals surface area contributed by atoms with Crippen LogP contribution < -0.4 is 5.63 Å². The van der Waals surface area contributed by atoms with E-state index in [-0.39, 0.29) is 40.7 Å². The molecule has 0 bridgehead atoms. The Bertz CT molecular complexity index is 954. The Morgan fingerprint density at radius 3 is 2.50 bits per heavy atom. The summed E-state index contributed by atoms with van der Waals surface area (Å²) in [5, 5.41) is 10.6. The van der Waals surface area contributed by atoms with E-state index in [0.717, 1.165) is 0 Å². The van der Waals surface area contributed by atoms with Crippen molar-refractivity contribution < 1.29 is 14.1 Å². The van der Waals surface area contributed by atoms with E-state index in [4.69, 9.17) is 4.52 Å². The molecule has 8 heteroatoms. The lowest BCUT2D eigenvalue weighted by molar-refractivity contribution is 0.0594. The van der Waals surface area contributed by atoms with E-state index in [1.54, 1.807) is 18.2 Å². The maximum Gasteiger partial charge on any atom is 0.384 e. The molecule has 1 aromatic heterocycles. The number of rotatable bonds is 5. The molecule has 2 aromatic rings. The predicted octanol–water partition coefficient (Wildman–Crippen LogP) is 3.90. The zero-order chi connectivity index (χ0) is 19.0. The number of hydrogen-bond donors (Lipinski definition) is 1. The van der Waals surface area contributed by atoms with Crippen LogP contribution in [0.15, 0.2) is 37.7 Å².